The van der Waals surface area contributed by atoms with Crippen LogP contribution in [0.5, 0.6) is 17.2 Å². The number of nitrogens with two attached hydrogens (primary N) is 1. The fourth-order valence-corrected chi connectivity index (χ4v) is 3.65. The van der Waals surface area contributed by atoms with Gasteiger partial charge in [-0.25, -0.2) is 4.79 Å². The number of hydrogen-bond acceptors (Lipinski definition) is 8. The molecule has 9 nitrogen and oxygen atoms in total. The van der Waals surface area contributed by atoms with E-state index < -0.39 is 16.8 Å². The molecule has 0 bridgehead atoms. The van der Waals surface area contributed by atoms with Crippen molar-refractivity contribution < 1.29 is 23.9 Å². The van der Waals surface area contributed by atoms with E-state index in [1.165, 1.54) is 18.2 Å². The Kier molecular flexibility index (Phi) is 6.14. The smallest absolute Gasteiger partial charge is 0.343 e. The number of benzene rings is 3. The molecule has 9 heteroatoms. The molecule has 0 aliphatic carbocycles. The van der Waals surface area contributed by atoms with Crippen LogP contribution in [0.2, 0.25) is 0 Å². The molecule has 3 aromatic rings. The predicted octanol–water partition coefficient (Wildman–Crippen LogP) is 4.43. The van der Waals surface area contributed by atoms with E-state index in [-0.39, 0.29) is 22.9 Å². The summed E-state index contributed by atoms with van der Waals surface area (Å²) in [5, 5.41) is 20.6. The van der Waals surface area contributed by atoms with Crippen LogP contribution in [-0.4, -0.2) is 17.5 Å². The van der Waals surface area contributed by atoms with Gasteiger partial charge < -0.3 is 19.9 Å². The third-order valence-electron chi connectivity index (χ3n) is 5.24. The van der Waals surface area contributed by atoms with Gasteiger partial charge in [0.15, 0.2) is 0 Å². The van der Waals surface area contributed by atoms with Crippen LogP contribution in [0.15, 0.2) is 78.2 Å². The van der Waals surface area contributed by atoms with E-state index in [1.807, 2.05) is 6.92 Å². The lowest BCUT2D eigenvalue weighted by Crippen LogP contribution is -2.21. The molecule has 4 rings (SSSR count). The summed E-state index contributed by atoms with van der Waals surface area (Å²) in [5.74, 6) is -0.0510. The quantitative estimate of drug-likeness (QED) is 0.248. The minimum Gasteiger partial charge on any atom is -0.494 e. The number of ether oxygens (including phenoxy) is 3. The Bertz CT molecular complexity index is 1320. The number of non-ortho nitro benzene ring substituents is 1. The normalized spacial score (nSPS) is 14.4. The monoisotopic (exact) mass is 457 g/mol. The van der Waals surface area contributed by atoms with Crippen LogP contribution in [0.4, 0.5) is 5.69 Å². The van der Waals surface area contributed by atoms with Gasteiger partial charge in [0.25, 0.3) is 5.69 Å². The molecule has 1 aliphatic heterocycles. The van der Waals surface area contributed by atoms with Crippen LogP contribution in [0.3, 0.4) is 0 Å². The number of carbonyl (C=O) groups excluding carboxylic acids is 1. The van der Waals surface area contributed by atoms with Crippen LogP contribution < -0.4 is 19.9 Å². The van der Waals surface area contributed by atoms with Gasteiger partial charge in [0.05, 0.1) is 23.0 Å². The Hall–Kier alpha value is -4.84. The van der Waals surface area contributed by atoms with Crippen molar-refractivity contribution in [1.82, 2.24) is 0 Å². The van der Waals surface area contributed by atoms with Crippen molar-refractivity contribution in [3.8, 4) is 23.3 Å². The Morgan fingerprint density at radius 1 is 1.12 bits per heavy atom. The molecule has 3 aromatic carbocycles. The van der Waals surface area contributed by atoms with Crippen molar-refractivity contribution in [3.05, 3.63) is 105 Å². The molecular formula is C25H19N3O6. The largest absolute Gasteiger partial charge is 0.494 e. The number of allylic oxidation sites excluding steroid dienone is 1. The molecule has 0 spiro atoms. The van der Waals surface area contributed by atoms with Crippen molar-refractivity contribution in [2.75, 3.05) is 6.61 Å². The van der Waals surface area contributed by atoms with Gasteiger partial charge in [-0.3, -0.25) is 10.1 Å². The van der Waals surface area contributed by atoms with Gasteiger partial charge in [0, 0.05) is 23.8 Å². The predicted molar refractivity (Wildman–Crippen MR) is 121 cm³/mol. The average molecular weight is 457 g/mol. The molecule has 34 heavy (non-hydrogen) atoms. The second-order valence-electron chi connectivity index (χ2n) is 7.32. The Labute approximate surface area is 194 Å². The van der Waals surface area contributed by atoms with Gasteiger partial charge in [-0.2, -0.15) is 5.26 Å². The first-order valence-corrected chi connectivity index (χ1v) is 10.3. The molecule has 0 radical (unpaired) electrons. The van der Waals surface area contributed by atoms with E-state index >= 15 is 0 Å². The zero-order chi connectivity index (χ0) is 24.2. The maximum atomic E-state index is 12.6. The minimum absolute atomic E-state index is 0.0666. The molecular weight excluding hydrogens is 438 g/mol. The van der Waals surface area contributed by atoms with E-state index in [1.54, 1.807) is 48.5 Å². The van der Waals surface area contributed by atoms with Crippen LogP contribution in [0, 0.1) is 21.4 Å². The highest BCUT2D eigenvalue weighted by Gasteiger charge is 2.31. The SMILES string of the molecule is CCOc1ccc(C(=O)Oc2ccc3c(c2)OC(N)=C(C#N)C3c2ccc([N+](=O)[O-])cc2)cc1. The standard InChI is InChI=1S/C25H19N3O6/c1-2-32-18-9-5-16(6-10-18)25(29)33-19-11-12-20-22(13-19)34-24(27)21(14-26)23(20)15-3-7-17(8-4-15)28(30)31/h3-13,23H,2,27H2,1H3. The first kappa shape index (κ1) is 22.4. The molecule has 0 aromatic heterocycles. The number of fused-ring (bicyclic) bond motifs is 1. The zero-order valence-corrected chi connectivity index (χ0v) is 18.1. The summed E-state index contributed by atoms with van der Waals surface area (Å²) in [6.45, 7) is 2.39. The molecule has 1 aliphatic rings. The molecule has 0 fully saturated rings. The second-order valence-corrected chi connectivity index (χ2v) is 7.32. The lowest BCUT2D eigenvalue weighted by Gasteiger charge is -2.26. The van der Waals surface area contributed by atoms with Gasteiger partial charge in [-0.05, 0) is 42.8 Å². The summed E-state index contributed by atoms with van der Waals surface area (Å²) < 4.78 is 16.5. The minimum atomic E-state index is -0.592. The van der Waals surface area contributed by atoms with Gasteiger partial charge in [-0.15, -0.1) is 0 Å². The summed E-state index contributed by atoms with van der Waals surface area (Å²) in [5.41, 5.74) is 7.70. The molecule has 0 saturated heterocycles. The van der Waals surface area contributed by atoms with Crippen LogP contribution in [-0.2, 0) is 0 Å². The molecule has 1 heterocycles. The zero-order valence-electron chi connectivity index (χ0n) is 18.1. The summed E-state index contributed by atoms with van der Waals surface area (Å²) in [6, 6.07) is 19.3. The molecule has 2 N–H and O–H groups in total. The fraction of sp³-hybridized carbons (Fsp3) is 0.120. The van der Waals surface area contributed by atoms with Crippen molar-refractivity contribution >= 4 is 11.7 Å². The number of rotatable bonds is 6. The lowest BCUT2D eigenvalue weighted by molar-refractivity contribution is -0.384. The number of carbonyl (C=O) groups is 1. The van der Waals surface area contributed by atoms with E-state index in [0.717, 1.165) is 0 Å². The number of nitro benzene ring substituents is 1. The fourth-order valence-electron chi connectivity index (χ4n) is 3.65. The molecule has 1 atom stereocenters. The number of nitriles is 1. The Morgan fingerprint density at radius 3 is 2.41 bits per heavy atom. The molecule has 0 saturated carbocycles. The number of esters is 1. The van der Waals surface area contributed by atoms with E-state index in [4.69, 9.17) is 19.9 Å². The summed E-state index contributed by atoms with van der Waals surface area (Å²) in [6.07, 6.45) is 0. The average Bonchev–Trinajstić information content (AvgIpc) is 2.83. The van der Waals surface area contributed by atoms with E-state index in [2.05, 4.69) is 6.07 Å². The maximum Gasteiger partial charge on any atom is 0.343 e. The van der Waals surface area contributed by atoms with Gasteiger partial charge in [0.2, 0.25) is 5.88 Å². The lowest BCUT2D eigenvalue weighted by atomic mass is 9.83. The molecule has 0 amide bonds. The van der Waals surface area contributed by atoms with Gasteiger partial charge >= 0.3 is 5.97 Å². The van der Waals surface area contributed by atoms with Gasteiger partial charge in [0.1, 0.15) is 28.9 Å². The van der Waals surface area contributed by atoms with Crippen LogP contribution in [0.25, 0.3) is 0 Å². The molecule has 170 valence electrons. The first-order valence-electron chi connectivity index (χ1n) is 10.3. The Balaban J connectivity index is 1.62. The van der Waals surface area contributed by atoms with Crippen LogP contribution in [0.1, 0.15) is 34.3 Å². The number of nitro groups is 1. The van der Waals surface area contributed by atoms with Crippen molar-refractivity contribution in [3.63, 3.8) is 0 Å². The second kappa shape index (κ2) is 9.34. The highest BCUT2D eigenvalue weighted by molar-refractivity contribution is 5.91. The maximum absolute atomic E-state index is 12.6. The van der Waals surface area contributed by atoms with Crippen molar-refractivity contribution in [1.29, 1.82) is 5.26 Å². The first-order chi connectivity index (χ1) is 16.4. The van der Waals surface area contributed by atoms with E-state index in [9.17, 15) is 20.2 Å². The third kappa shape index (κ3) is 4.38. The van der Waals surface area contributed by atoms with E-state index in [0.29, 0.717) is 34.8 Å². The highest BCUT2D eigenvalue weighted by atomic mass is 16.6. The van der Waals surface area contributed by atoms with Crippen molar-refractivity contribution in [2.45, 2.75) is 12.8 Å². The molecule has 1 unspecified atom stereocenters. The number of hydrogen-bond donors (Lipinski definition) is 1. The summed E-state index contributed by atoms with van der Waals surface area (Å²) in [7, 11) is 0. The van der Waals surface area contributed by atoms with Gasteiger partial charge in [-0.1, -0.05) is 18.2 Å². The van der Waals surface area contributed by atoms with Crippen molar-refractivity contribution in [2.24, 2.45) is 5.73 Å². The number of nitrogens with zero attached hydrogens (tertiary/aromatic N) is 2. The van der Waals surface area contributed by atoms with Crippen LogP contribution >= 0.6 is 0 Å². The summed E-state index contributed by atoms with van der Waals surface area (Å²) in [4.78, 5) is 23.0. The highest BCUT2D eigenvalue weighted by Crippen LogP contribution is 2.43. The summed E-state index contributed by atoms with van der Waals surface area (Å²) >= 11 is 0. The Morgan fingerprint density at radius 2 is 1.79 bits per heavy atom. The topological polar surface area (TPSA) is 138 Å². The third-order valence-corrected chi connectivity index (χ3v) is 5.24.